The number of anilines is 1. The SMILES string of the molecule is COCCCCNc1ccnc(C(=O)O)c1. The first-order valence-corrected chi connectivity index (χ1v) is 5.16. The number of rotatable bonds is 7. The van der Waals surface area contributed by atoms with Crippen molar-refractivity contribution in [2.24, 2.45) is 0 Å². The molecular weight excluding hydrogens is 208 g/mol. The van der Waals surface area contributed by atoms with Crippen LogP contribution in [-0.2, 0) is 4.74 Å². The van der Waals surface area contributed by atoms with E-state index >= 15 is 0 Å². The van der Waals surface area contributed by atoms with Crippen LogP contribution in [0.2, 0.25) is 0 Å². The Bertz CT molecular complexity index is 342. The van der Waals surface area contributed by atoms with Gasteiger partial charge in [0, 0.05) is 32.1 Å². The third-order valence-corrected chi connectivity index (χ3v) is 2.08. The minimum Gasteiger partial charge on any atom is -0.477 e. The normalized spacial score (nSPS) is 10.1. The Morgan fingerprint density at radius 3 is 3.06 bits per heavy atom. The van der Waals surface area contributed by atoms with Crippen molar-refractivity contribution in [3.8, 4) is 0 Å². The molecule has 0 amide bonds. The van der Waals surface area contributed by atoms with Crippen molar-refractivity contribution < 1.29 is 14.6 Å². The Hall–Kier alpha value is -1.62. The third kappa shape index (κ3) is 4.27. The Balaban J connectivity index is 2.36. The predicted molar refractivity (Wildman–Crippen MR) is 60.8 cm³/mol. The molecule has 0 aromatic carbocycles. The molecule has 88 valence electrons. The number of nitrogens with zero attached hydrogens (tertiary/aromatic N) is 1. The number of nitrogens with one attached hydrogen (secondary N) is 1. The summed E-state index contributed by atoms with van der Waals surface area (Å²) in [6.45, 7) is 1.55. The molecule has 1 heterocycles. The van der Waals surface area contributed by atoms with Crippen LogP contribution in [0.25, 0.3) is 0 Å². The van der Waals surface area contributed by atoms with Gasteiger partial charge in [-0.1, -0.05) is 0 Å². The highest BCUT2D eigenvalue weighted by molar-refractivity contribution is 5.86. The molecule has 0 fully saturated rings. The Kier molecular flexibility index (Phi) is 5.28. The predicted octanol–water partition coefficient (Wildman–Crippen LogP) is 1.62. The second-order valence-electron chi connectivity index (χ2n) is 3.36. The van der Waals surface area contributed by atoms with Gasteiger partial charge in [0.2, 0.25) is 0 Å². The number of pyridine rings is 1. The number of carboxylic acid groups (broad SMARTS) is 1. The lowest BCUT2D eigenvalue weighted by Crippen LogP contribution is -2.05. The maximum absolute atomic E-state index is 10.7. The van der Waals surface area contributed by atoms with Crippen LogP contribution < -0.4 is 5.32 Å². The molecule has 2 N–H and O–H groups in total. The zero-order valence-electron chi connectivity index (χ0n) is 9.27. The standard InChI is InChI=1S/C11H16N2O3/c1-16-7-3-2-5-12-9-4-6-13-10(8-9)11(14)15/h4,6,8H,2-3,5,7H2,1H3,(H,12,13)(H,14,15). The average Bonchev–Trinajstić information content (AvgIpc) is 2.29. The molecule has 1 aromatic rings. The Labute approximate surface area is 94.5 Å². The molecule has 0 bridgehead atoms. The van der Waals surface area contributed by atoms with Crippen LogP contribution >= 0.6 is 0 Å². The summed E-state index contributed by atoms with van der Waals surface area (Å²) in [4.78, 5) is 14.4. The molecule has 0 radical (unpaired) electrons. The van der Waals surface area contributed by atoms with Crippen molar-refractivity contribution in [2.45, 2.75) is 12.8 Å². The molecule has 0 unspecified atom stereocenters. The highest BCUT2D eigenvalue weighted by Gasteiger charge is 2.04. The van der Waals surface area contributed by atoms with Gasteiger partial charge in [-0.25, -0.2) is 9.78 Å². The lowest BCUT2D eigenvalue weighted by molar-refractivity contribution is 0.0690. The number of aromatic carboxylic acids is 1. The second-order valence-corrected chi connectivity index (χ2v) is 3.36. The molecule has 0 atom stereocenters. The summed E-state index contributed by atoms with van der Waals surface area (Å²) in [5.41, 5.74) is 0.840. The van der Waals surface area contributed by atoms with Gasteiger partial charge in [0.25, 0.3) is 0 Å². The summed E-state index contributed by atoms with van der Waals surface area (Å²) in [6.07, 6.45) is 3.46. The minimum atomic E-state index is -1.01. The van der Waals surface area contributed by atoms with E-state index in [2.05, 4.69) is 10.3 Å². The molecule has 0 aliphatic rings. The van der Waals surface area contributed by atoms with E-state index in [1.54, 1.807) is 13.2 Å². The number of hydrogen-bond acceptors (Lipinski definition) is 4. The quantitative estimate of drug-likeness (QED) is 0.688. The molecule has 0 spiro atoms. The first kappa shape index (κ1) is 12.4. The summed E-state index contributed by atoms with van der Waals surface area (Å²) in [6, 6.07) is 3.28. The molecule has 0 saturated carbocycles. The van der Waals surface area contributed by atoms with Crippen molar-refractivity contribution in [3.05, 3.63) is 24.0 Å². The van der Waals surface area contributed by atoms with Gasteiger partial charge in [0.05, 0.1) is 0 Å². The molecule has 16 heavy (non-hydrogen) atoms. The van der Waals surface area contributed by atoms with Gasteiger partial charge in [-0.15, -0.1) is 0 Å². The van der Waals surface area contributed by atoms with E-state index in [0.29, 0.717) is 0 Å². The van der Waals surface area contributed by atoms with Crippen molar-refractivity contribution in [3.63, 3.8) is 0 Å². The summed E-state index contributed by atoms with van der Waals surface area (Å²) in [5.74, 6) is -1.01. The van der Waals surface area contributed by atoms with Gasteiger partial charge in [-0.3, -0.25) is 0 Å². The number of unbranched alkanes of at least 4 members (excludes halogenated alkanes) is 1. The van der Waals surface area contributed by atoms with E-state index < -0.39 is 5.97 Å². The molecule has 0 aliphatic carbocycles. The van der Waals surface area contributed by atoms with Crippen LogP contribution in [0.1, 0.15) is 23.3 Å². The van der Waals surface area contributed by atoms with Crippen LogP contribution in [0.3, 0.4) is 0 Å². The second kappa shape index (κ2) is 6.79. The first-order chi connectivity index (χ1) is 7.74. The first-order valence-electron chi connectivity index (χ1n) is 5.16. The van der Waals surface area contributed by atoms with E-state index in [-0.39, 0.29) is 5.69 Å². The summed E-state index contributed by atoms with van der Waals surface area (Å²) in [5, 5.41) is 11.9. The van der Waals surface area contributed by atoms with Gasteiger partial charge in [-0.05, 0) is 25.0 Å². The number of aromatic nitrogens is 1. The molecule has 1 rings (SSSR count). The van der Waals surface area contributed by atoms with E-state index in [1.807, 2.05) is 0 Å². The number of hydrogen-bond donors (Lipinski definition) is 2. The average molecular weight is 224 g/mol. The fraction of sp³-hybridized carbons (Fsp3) is 0.455. The Morgan fingerprint density at radius 1 is 1.56 bits per heavy atom. The van der Waals surface area contributed by atoms with Crippen LogP contribution in [0.5, 0.6) is 0 Å². The van der Waals surface area contributed by atoms with E-state index in [4.69, 9.17) is 9.84 Å². The molecule has 5 heteroatoms. The zero-order chi connectivity index (χ0) is 11.8. The highest BCUT2D eigenvalue weighted by atomic mass is 16.5. The zero-order valence-corrected chi connectivity index (χ0v) is 9.27. The lowest BCUT2D eigenvalue weighted by Gasteiger charge is -2.06. The van der Waals surface area contributed by atoms with Crippen LogP contribution in [0.15, 0.2) is 18.3 Å². The van der Waals surface area contributed by atoms with E-state index in [1.165, 1.54) is 12.3 Å². The van der Waals surface area contributed by atoms with Crippen molar-refractivity contribution in [1.82, 2.24) is 4.98 Å². The van der Waals surface area contributed by atoms with Gasteiger partial charge < -0.3 is 15.2 Å². The molecular formula is C11H16N2O3. The maximum atomic E-state index is 10.7. The maximum Gasteiger partial charge on any atom is 0.354 e. The summed E-state index contributed by atoms with van der Waals surface area (Å²) < 4.78 is 4.93. The fourth-order valence-electron chi connectivity index (χ4n) is 1.26. The molecule has 5 nitrogen and oxygen atoms in total. The van der Waals surface area contributed by atoms with Crippen LogP contribution in [-0.4, -0.2) is 36.3 Å². The molecule has 0 saturated heterocycles. The number of carbonyl (C=O) groups is 1. The monoisotopic (exact) mass is 224 g/mol. The highest BCUT2D eigenvalue weighted by Crippen LogP contribution is 2.08. The molecule has 0 aliphatic heterocycles. The molecule has 1 aromatic heterocycles. The number of carboxylic acids is 1. The van der Waals surface area contributed by atoms with Crippen molar-refractivity contribution in [2.75, 3.05) is 25.6 Å². The smallest absolute Gasteiger partial charge is 0.354 e. The van der Waals surface area contributed by atoms with Gasteiger partial charge in [0.15, 0.2) is 0 Å². The van der Waals surface area contributed by atoms with Gasteiger partial charge in [0.1, 0.15) is 5.69 Å². The van der Waals surface area contributed by atoms with Crippen molar-refractivity contribution >= 4 is 11.7 Å². The van der Waals surface area contributed by atoms with Crippen LogP contribution in [0, 0.1) is 0 Å². The van der Waals surface area contributed by atoms with Gasteiger partial charge >= 0.3 is 5.97 Å². The third-order valence-electron chi connectivity index (χ3n) is 2.08. The Morgan fingerprint density at radius 2 is 2.38 bits per heavy atom. The topological polar surface area (TPSA) is 71.5 Å². The van der Waals surface area contributed by atoms with E-state index in [0.717, 1.165) is 31.7 Å². The number of methoxy groups -OCH3 is 1. The van der Waals surface area contributed by atoms with E-state index in [9.17, 15) is 4.79 Å². The summed E-state index contributed by atoms with van der Waals surface area (Å²) >= 11 is 0. The lowest BCUT2D eigenvalue weighted by atomic mass is 10.3. The van der Waals surface area contributed by atoms with Crippen molar-refractivity contribution in [1.29, 1.82) is 0 Å². The summed E-state index contributed by atoms with van der Waals surface area (Å²) in [7, 11) is 1.68. The van der Waals surface area contributed by atoms with Crippen LogP contribution in [0.4, 0.5) is 5.69 Å². The number of ether oxygens (including phenoxy) is 1. The largest absolute Gasteiger partial charge is 0.477 e. The fourth-order valence-corrected chi connectivity index (χ4v) is 1.26. The minimum absolute atomic E-state index is 0.0573. The van der Waals surface area contributed by atoms with Gasteiger partial charge in [-0.2, -0.15) is 0 Å².